The fraction of sp³-hybridized carbons (Fsp3) is 0.0222. The molecule has 0 N–H and O–H groups in total. The summed E-state index contributed by atoms with van der Waals surface area (Å²) < 4.78 is 14.5. The molecule has 0 aliphatic heterocycles. The van der Waals surface area contributed by atoms with Crippen molar-refractivity contribution in [3.63, 3.8) is 0 Å². The van der Waals surface area contributed by atoms with E-state index in [1.165, 1.54) is 11.1 Å². The Morgan fingerprint density at radius 3 is 1.24 bits per heavy atom. The average Bonchev–Trinajstić information content (AvgIpc) is 3.19. The highest BCUT2D eigenvalue weighted by Crippen LogP contribution is 2.23. The van der Waals surface area contributed by atoms with Gasteiger partial charge in [-0.3, -0.25) is 0 Å². The van der Waals surface area contributed by atoms with Gasteiger partial charge < -0.3 is 4.74 Å². The van der Waals surface area contributed by atoms with Gasteiger partial charge in [-0.15, -0.1) is 0 Å². The predicted molar refractivity (Wildman–Crippen MR) is 198 cm³/mol. The van der Waals surface area contributed by atoms with Crippen molar-refractivity contribution in [2.75, 3.05) is 0 Å². The minimum Gasteiger partial charge on any atom is -0.457 e. The summed E-state index contributed by atoms with van der Waals surface area (Å²) in [6, 6.07) is 43.6. The zero-order valence-corrected chi connectivity index (χ0v) is 28.0. The Morgan fingerprint density at radius 1 is 0.460 bits per heavy atom. The topological polar surface area (TPSA) is 24.8 Å². The lowest BCUT2D eigenvalue weighted by Gasteiger charge is -2.06. The largest absolute Gasteiger partial charge is 0.457 e. The minimum absolute atomic E-state index is 0.784. The number of nitrogens with zero attached hydrogens (tertiary/aromatic N) is 4. The lowest BCUT2D eigenvalue weighted by molar-refractivity contribution is -0.596. The first-order valence-corrected chi connectivity index (χ1v) is 16.6. The molecule has 4 heterocycles. The lowest BCUT2D eigenvalue weighted by atomic mass is 10.1. The van der Waals surface area contributed by atoms with Crippen LogP contribution in [0.5, 0.6) is 11.5 Å². The van der Waals surface area contributed by atoms with Crippen LogP contribution in [0.3, 0.4) is 0 Å². The Hall–Kier alpha value is -6.72. The van der Waals surface area contributed by atoms with Gasteiger partial charge in [0.05, 0.1) is 0 Å². The van der Waals surface area contributed by atoms with Gasteiger partial charge in [0.25, 0.3) is 0 Å². The third-order valence-electron chi connectivity index (χ3n) is 8.47. The molecule has 7 aromatic rings. The number of ether oxygens (including phenoxy) is 1. The van der Waals surface area contributed by atoms with Gasteiger partial charge in [-0.05, 0) is 60.0 Å². The predicted octanol–water partition coefficient (Wildman–Crippen LogP) is 8.53. The Morgan fingerprint density at radius 2 is 0.840 bits per heavy atom. The van der Waals surface area contributed by atoms with Crippen LogP contribution in [0.1, 0.15) is 6.92 Å². The van der Waals surface area contributed by atoms with Crippen LogP contribution in [-0.2, 0) is 0 Å². The molecule has 0 amide bonds. The molecule has 0 fully saturated rings. The summed E-state index contributed by atoms with van der Waals surface area (Å²) in [6.07, 6.45) is 24.6. The summed E-state index contributed by atoms with van der Waals surface area (Å²) in [4.78, 5) is 0. The molecule has 0 unspecified atom stereocenters. The van der Waals surface area contributed by atoms with Gasteiger partial charge in [0, 0.05) is 91.0 Å². The third-order valence-corrected chi connectivity index (χ3v) is 8.47. The zero-order valence-electron chi connectivity index (χ0n) is 28.0. The number of allylic oxidation sites excluding steroid dienone is 5. The molecule has 5 heteroatoms. The second-order valence-electron chi connectivity index (χ2n) is 11.8. The van der Waals surface area contributed by atoms with E-state index >= 15 is 0 Å². The van der Waals surface area contributed by atoms with Crippen molar-refractivity contribution in [2.45, 2.75) is 6.92 Å². The molecule has 0 bridgehead atoms. The van der Waals surface area contributed by atoms with Crippen LogP contribution in [0.15, 0.2) is 208 Å². The highest BCUT2D eigenvalue weighted by molar-refractivity contribution is 5.62. The maximum atomic E-state index is 6.17. The third kappa shape index (κ3) is 7.53. The smallest absolute Gasteiger partial charge is 0.210 e. The molecule has 0 radical (unpaired) electrons. The fourth-order valence-electron chi connectivity index (χ4n) is 5.66. The van der Waals surface area contributed by atoms with E-state index in [9.17, 15) is 0 Å². The zero-order chi connectivity index (χ0) is 34.1. The van der Waals surface area contributed by atoms with Crippen LogP contribution < -0.4 is 23.0 Å². The molecule has 0 saturated heterocycles. The standard InChI is InChI=1S/C45H38N4O/c1-3-4-6-9-36(2)46-28-20-37(21-29-46)38-24-32-48(33-25-38)42-12-16-44(17-13-42)50-45-18-14-43(15-19-45)49-34-26-40(27-35-49)39-22-30-47(31-23-39)41-10-7-5-8-11-41/h3-35H,2H2,1H3/q+4/b4-3-,9-6-. The first-order chi connectivity index (χ1) is 24.6. The van der Waals surface area contributed by atoms with E-state index in [-0.39, 0.29) is 0 Å². The van der Waals surface area contributed by atoms with E-state index in [1.54, 1.807) is 0 Å². The van der Waals surface area contributed by atoms with Gasteiger partial charge >= 0.3 is 0 Å². The number of para-hydroxylation sites is 1. The molecule has 240 valence electrons. The molecule has 0 aliphatic rings. The number of benzene rings is 3. The van der Waals surface area contributed by atoms with Crippen LogP contribution in [0.4, 0.5) is 0 Å². The van der Waals surface area contributed by atoms with Crippen LogP contribution >= 0.6 is 0 Å². The Labute approximate surface area is 293 Å². The van der Waals surface area contributed by atoms with Gasteiger partial charge in [-0.1, -0.05) is 36.4 Å². The monoisotopic (exact) mass is 650 g/mol. The number of hydrogen-bond acceptors (Lipinski definition) is 1. The molecule has 7 rings (SSSR count). The van der Waals surface area contributed by atoms with E-state index in [2.05, 4.69) is 142 Å². The molecule has 0 aliphatic carbocycles. The molecule has 0 atom stereocenters. The van der Waals surface area contributed by atoms with Crippen molar-refractivity contribution in [3.05, 3.63) is 208 Å². The Bertz CT molecular complexity index is 2240. The van der Waals surface area contributed by atoms with Crippen LogP contribution in [0.25, 0.3) is 45.0 Å². The molecule has 5 nitrogen and oxygen atoms in total. The van der Waals surface area contributed by atoms with Crippen molar-refractivity contribution >= 4 is 5.70 Å². The van der Waals surface area contributed by atoms with Gasteiger partial charge in [0.1, 0.15) is 11.5 Å². The summed E-state index contributed by atoms with van der Waals surface area (Å²) in [5.74, 6) is 1.57. The van der Waals surface area contributed by atoms with E-state index in [0.29, 0.717) is 0 Å². The molecule has 3 aromatic carbocycles. The summed E-state index contributed by atoms with van der Waals surface area (Å²) in [6.45, 7) is 6.13. The highest BCUT2D eigenvalue weighted by atomic mass is 16.5. The van der Waals surface area contributed by atoms with Crippen LogP contribution in [-0.4, -0.2) is 0 Å². The Balaban J connectivity index is 0.952. The van der Waals surface area contributed by atoms with Crippen molar-refractivity contribution < 1.29 is 23.0 Å². The second kappa shape index (κ2) is 15.0. The molecular weight excluding hydrogens is 613 g/mol. The number of hydrogen-bond donors (Lipinski definition) is 0. The number of pyridine rings is 4. The van der Waals surface area contributed by atoms with Gasteiger partial charge in [-0.25, -0.2) is 0 Å². The van der Waals surface area contributed by atoms with Crippen molar-refractivity contribution in [1.82, 2.24) is 0 Å². The Kier molecular flexibility index (Phi) is 9.56. The molecule has 50 heavy (non-hydrogen) atoms. The SMILES string of the molecule is C=C(/C=C\C=C/C)[n+]1ccc(-c2cc[n+](-c3ccc(Oc4ccc(-[n+]5ccc(-c6cc[n+](-c7ccccc7)cc6)cc5)cc4)cc3)cc2)cc1. The molecule has 0 spiro atoms. The quantitative estimate of drug-likeness (QED) is 0.108. The maximum absolute atomic E-state index is 6.17. The lowest BCUT2D eigenvalue weighted by Crippen LogP contribution is -2.29. The first kappa shape index (κ1) is 31.9. The van der Waals surface area contributed by atoms with Crippen molar-refractivity contribution in [3.8, 4) is 50.8 Å². The maximum Gasteiger partial charge on any atom is 0.210 e. The van der Waals surface area contributed by atoms with Gasteiger partial charge in [0.15, 0.2) is 49.6 Å². The van der Waals surface area contributed by atoms with Crippen molar-refractivity contribution in [2.24, 2.45) is 0 Å². The highest BCUT2D eigenvalue weighted by Gasteiger charge is 2.12. The summed E-state index contributed by atoms with van der Waals surface area (Å²) in [5, 5.41) is 0. The van der Waals surface area contributed by atoms with Gasteiger partial charge in [-0.2, -0.15) is 18.3 Å². The number of aromatic nitrogens is 4. The molecule has 0 saturated carbocycles. The van der Waals surface area contributed by atoms with Crippen LogP contribution in [0.2, 0.25) is 0 Å². The summed E-state index contributed by atoms with van der Waals surface area (Å²) in [5.41, 5.74) is 8.80. The first-order valence-electron chi connectivity index (χ1n) is 16.6. The van der Waals surface area contributed by atoms with Gasteiger partial charge in [0.2, 0.25) is 22.8 Å². The summed E-state index contributed by atoms with van der Waals surface area (Å²) >= 11 is 0. The molecular formula is C45H38N4O+4. The fourth-order valence-corrected chi connectivity index (χ4v) is 5.66. The van der Waals surface area contributed by atoms with E-state index in [1.807, 2.05) is 90.7 Å². The van der Waals surface area contributed by atoms with E-state index < -0.39 is 0 Å². The summed E-state index contributed by atoms with van der Waals surface area (Å²) in [7, 11) is 0. The normalized spacial score (nSPS) is 11.2. The average molecular weight is 651 g/mol. The minimum atomic E-state index is 0.784. The van der Waals surface area contributed by atoms with Crippen LogP contribution in [0, 0.1) is 0 Å². The number of rotatable bonds is 10. The van der Waals surface area contributed by atoms with E-state index in [4.69, 9.17) is 4.74 Å². The van der Waals surface area contributed by atoms with Crippen molar-refractivity contribution in [1.29, 1.82) is 0 Å². The van der Waals surface area contributed by atoms with E-state index in [0.717, 1.165) is 45.4 Å². The second-order valence-corrected chi connectivity index (χ2v) is 11.8. The molecule has 4 aromatic heterocycles.